The van der Waals surface area contributed by atoms with E-state index in [-0.39, 0.29) is 5.78 Å². The molecule has 1 N–H and O–H groups in total. The Kier molecular flexibility index (Phi) is 1.12. The van der Waals surface area contributed by atoms with Gasteiger partial charge in [-0.3, -0.25) is 4.79 Å². The molecule has 1 rings (SSSR count). The molecule has 0 aromatic heterocycles. The third-order valence-corrected chi connectivity index (χ3v) is 1.17. The molecule has 1 atom stereocenters. The van der Waals surface area contributed by atoms with Crippen molar-refractivity contribution in [2.45, 2.75) is 12.8 Å². The van der Waals surface area contributed by atoms with Crippen LogP contribution < -0.4 is 0 Å². The van der Waals surface area contributed by atoms with E-state index < -0.39 is 6.58 Å². The van der Waals surface area contributed by atoms with Crippen molar-refractivity contribution in [3.63, 3.8) is 0 Å². The van der Waals surface area contributed by atoms with Crippen molar-refractivity contribution in [3.8, 4) is 0 Å². The van der Waals surface area contributed by atoms with E-state index in [2.05, 4.69) is 0 Å². The van der Waals surface area contributed by atoms with Gasteiger partial charge in [-0.2, -0.15) is 0 Å². The van der Waals surface area contributed by atoms with Crippen LogP contribution >= 0.6 is 0 Å². The number of carbonyl (C=O) groups is 1. The number of rotatable bonds is 1. The minimum atomic E-state index is -1.18. The van der Waals surface area contributed by atoms with Crippen molar-refractivity contribution in [2.75, 3.05) is 6.58 Å². The lowest BCUT2D eigenvalue weighted by atomic mass is 10.2. The fourth-order valence-corrected chi connectivity index (χ4v) is 0.720. The van der Waals surface area contributed by atoms with Gasteiger partial charge >= 0.3 is 0 Å². The van der Waals surface area contributed by atoms with Crippen LogP contribution in [0.15, 0.2) is 11.6 Å². The van der Waals surface area contributed by atoms with Crippen molar-refractivity contribution < 1.29 is 11.3 Å². The SMILES string of the molecule is [2H]C(O)C1=CC(=O)CC1. The lowest BCUT2D eigenvalue weighted by Gasteiger charge is -1.87. The van der Waals surface area contributed by atoms with Crippen LogP contribution in [0, 0.1) is 0 Å². The van der Waals surface area contributed by atoms with Gasteiger partial charge in [0, 0.05) is 6.42 Å². The van der Waals surface area contributed by atoms with E-state index >= 15 is 0 Å². The van der Waals surface area contributed by atoms with Crippen LogP contribution in [0.1, 0.15) is 14.2 Å². The Labute approximate surface area is 49.2 Å². The highest BCUT2D eigenvalue weighted by atomic mass is 16.3. The lowest BCUT2D eigenvalue weighted by molar-refractivity contribution is -0.114. The van der Waals surface area contributed by atoms with Crippen molar-refractivity contribution >= 4 is 5.78 Å². The van der Waals surface area contributed by atoms with Gasteiger partial charge in [-0.25, -0.2) is 0 Å². The lowest BCUT2D eigenvalue weighted by Crippen LogP contribution is -1.82. The summed E-state index contributed by atoms with van der Waals surface area (Å²) in [5.74, 6) is 0.0244. The third-order valence-electron chi connectivity index (χ3n) is 1.17. The molecule has 1 unspecified atom stereocenters. The quantitative estimate of drug-likeness (QED) is 0.530. The number of aliphatic hydroxyl groups excluding tert-OH is 1. The van der Waals surface area contributed by atoms with Crippen molar-refractivity contribution in [3.05, 3.63) is 11.6 Å². The molecular formula is C6H8O2. The Morgan fingerprint density at radius 3 is 2.88 bits per heavy atom. The summed E-state index contributed by atoms with van der Waals surface area (Å²) in [6.45, 7) is -1.18. The summed E-state index contributed by atoms with van der Waals surface area (Å²) in [5, 5.41) is 8.62. The van der Waals surface area contributed by atoms with E-state index in [1.165, 1.54) is 6.08 Å². The molecule has 2 nitrogen and oxygen atoms in total. The Balaban J connectivity index is 2.62. The number of aliphatic hydroxyl groups is 1. The molecule has 0 saturated carbocycles. The van der Waals surface area contributed by atoms with Gasteiger partial charge in [0.1, 0.15) is 0 Å². The predicted molar refractivity (Wildman–Crippen MR) is 29.4 cm³/mol. The molecule has 0 aliphatic heterocycles. The van der Waals surface area contributed by atoms with Crippen molar-refractivity contribution in [1.82, 2.24) is 0 Å². The monoisotopic (exact) mass is 113 g/mol. The van der Waals surface area contributed by atoms with E-state index in [4.69, 9.17) is 6.48 Å². The second-order valence-corrected chi connectivity index (χ2v) is 1.81. The first-order valence-electron chi connectivity index (χ1n) is 3.11. The molecule has 0 aromatic carbocycles. The number of hydrogen-bond acceptors (Lipinski definition) is 2. The van der Waals surface area contributed by atoms with Gasteiger partial charge in [0.2, 0.25) is 0 Å². The fourth-order valence-electron chi connectivity index (χ4n) is 0.720. The van der Waals surface area contributed by atoms with Crippen LogP contribution in [-0.2, 0) is 4.79 Å². The first-order valence-corrected chi connectivity index (χ1v) is 2.54. The summed E-state index contributed by atoms with van der Waals surface area (Å²) in [4.78, 5) is 10.5. The van der Waals surface area contributed by atoms with E-state index in [0.717, 1.165) is 0 Å². The first-order chi connectivity index (χ1) is 4.20. The van der Waals surface area contributed by atoms with Crippen molar-refractivity contribution in [2.24, 2.45) is 0 Å². The molecule has 0 saturated heterocycles. The van der Waals surface area contributed by atoms with Crippen LogP contribution in [0.2, 0.25) is 0 Å². The standard InChI is InChI=1S/C6H8O2/c7-4-5-1-2-6(8)3-5/h3,7H,1-2,4H2/i4D. The first kappa shape index (κ1) is 4.27. The fraction of sp³-hybridized carbons (Fsp3) is 0.500. The largest absolute Gasteiger partial charge is 0.392 e. The van der Waals surface area contributed by atoms with Gasteiger partial charge in [0.05, 0.1) is 7.95 Å². The van der Waals surface area contributed by atoms with Gasteiger partial charge in [-0.15, -0.1) is 0 Å². The molecule has 1 aliphatic rings. The molecule has 0 spiro atoms. The maximum atomic E-state index is 10.5. The highest BCUT2D eigenvalue weighted by Gasteiger charge is 2.09. The molecule has 0 bridgehead atoms. The Bertz CT molecular complexity index is 160. The minimum absolute atomic E-state index is 0.0244. The summed E-state index contributed by atoms with van der Waals surface area (Å²) in [5.41, 5.74) is 0.542. The van der Waals surface area contributed by atoms with Gasteiger partial charge in [0.15, 0.2) is 5.78 Å². The summed E-state index contributed by atoms with van der Waals surface area (Å²) in [6, 6.07) is 0. The van der Waals surface area contributed by atoms with Crippen LogP contribution in [0.4, 0.5) is 0 Å². The van der Waals surface area contributed by atoms with Crippen LogP contribution in [0.5, 0.6) is 0 Å². The second kappa shape index (κ2) is 2.09. The Hall–Kier alpha value is -0.630. The Morgan fingerprint density at radius 1 is 1.88 bits per heavy atom. The smallest absolute Gasteiger partial charge is 0.156 e. The van der Waals surface area contributed by atoms with Crippen LogP contribution in [0.25, 0.3) is 0 Å². The molecule has 44 valence electrons. The van der Waals surface area contributed by atoms with Gasteiger partial charge < -0.3 is 5.11 Å². The Morgan fingerprint density at radius 2 is 2.62 bits per heavy atom. The maximum absolute atomic E-state index is 10.5. The zero-order valence-electron chi connectivity index (χ0n) is 5.42. The zero-order valence-corrected chi connectivity index (χ0v) is 4.42. The van der Waals surface area contributed by atoms with Gasteiger partial charge in [-0.1, -0.05) is 0 Å². The zero-order chi connectivity index (χ0) is 6.85. The number of hydrogen-bond donors (Lipinski definition) is 1. The van der Waals surface area contributed by atoms with E-state index in [9.17, 15) is 4.79 Å². The normalized spacial score (nSPS) is 24.9. The predicted octanol–water partition coefficient (Wildman–Crippen LogP) is 0.268. The van der Waals surface area contributed by atoms with E-state index in [0.29, 0.717) is 18.4 Å². The summed E-state index contributed by atoms with van der Waals surface area (Å²) >= 11 is 0. The number of carbonyl (C=O) groups excluding carboxylic acids is 1. The molecular weight excluding hydrogens is 104 g/mol. The molecule has 2 heteroatoms. The average Bonchev–Trinajstić information content (AvgIpc) is 2.14. The van der Waals surface area contributed by atoms with E-state index in [1.807, 2.05) is 0 Å². The summed E-state index contributed by atoms with van der Waals surface area (Å²) in [6.07, 6.45) is 2.38. The molecule has 0 radical (unpaired) electrons. The highest BCUT2D eigenvalue weighted by molar-refractivity contribution is 5.92. The van der Waals surface area contributed by atoms with Gasteiger partial charge in [-0.05, 0) is 18.1 Å². The molecule has 0 aromatic rings. The highest BCUT2D eigenvalue weighted by Crippen LogP contribution is 2.12. The van der Waals surface area contributed by atoms with Gasteiger partial charge in [0.25, 0.3) is 0 Å². The van der Waals surface area contributed by atoms with Crippen LogP contribution in [-0.4, -0.2) is 17.5 Å². The average molecular weight is 113 g/mol. The molecule has 0 heterocycles. The summed E-state index contributed by atoms with van der Waals surface area (Å²) in [7, 11) is 0. The minimum Gasteiger partial charge on any atom is -0.392 e. The molecule has 0 fully saturated rings. The molecule has 0 amide bonds. The second-order valence-electron chi connectivity index (χ2n) is 1.81. The third kappa shape index (κ3) is 0.954. The van der Waals surface area contributed by atoms with E-state index in [1.54, 1.807) is 0 Å². The van der Waals surface area contributed by atoms with Crippen LogP contribution in [0.3, 0.4) is 0 Å². The number of allylic oxidation sites excluding steroid dienone is 1. The number of ketones is 1. The molecule has 8 heavy (non-hydrogen) atoms. The summed E-state index contributed by atoms with van der Waals surface area (Å²) < 4.78 is 6.80. The topological polar surface area (TPSA) is 37.3 Å². The molecule has 1 aliphatic carbocycles. The maximum Gasteiger partial charge on any atom is 0.156 e. The van der Waals surface area contributed by atoms with Crippen molar-refractivity contribution in [1.29, 1.82) is 0 Å².